The third kappa shape index (κ3) is 7.06. The van der Waals surface area contributed by atoms with Crippen LogP contribution in [0.5, 0.6) is 0 Å². The first-order chi connectivity index (χ1) is 22.4. The second kappa shape index (κ2) is 13.9. The van der Waals surface area contributed by atoms with Crippen molar-refractivity contribution in [1.82, 2.24) is 14.5 Å². The highest BCUT2D eigenvalue weighted by Crippen LogP contribution is 2.24. The number of thiophene rings is 1. The van der Waals surface area contributed by atoms with Crippen LogP contribution in [0.3, 0.4) is 0 Å². The predicted molar refractivity (Wildman–Crippen MR) is 182 cm³/mol. The van der Waals surface area contributed by atoms with Gasteiger partial charge in [0, 0.05) is 47.6 Å². The monoisotopic (exact) mass is 630 g/mol. The fourth-order valence-corrected chi connectivity index (χ4v) is 6.25. The van der Waals surface area contributed by atoms with E-state index in [0.29, 0.717) is 42.7 Å². The second-order valence-corrected chi connectivity index (χ2v) is 12.3. The molecule has 0 aliphatic rings. The maximum absolute atomic E-state index is 14.7. The van der Waals surface area contributed by atoms with E-state index in [-0.39, 0.29) is 24.1 Å². The molecule has 0 fully saturated rings. The van der Waals surface area contributed by atoms with Crippen molar-refractivity contribution in [3.63, 3.8) is 0 Å². The van der Waals surface area contributed by atoms with E-state index < -0.39 is 0 Å². The predicted octanol–water partition coefficient (Wildman–Crippen LogP) is 6.66. The summed E-state index contributed by atoms with van der Waals surface area (Å²) in [5, 5.41) is 9.72. The van der Waals surface area contributed by atoms with Crippen molar-refractivity contribution in [2.24, 2.45) is 11.5 Å². The molecule has 0 saturated carbocycles. The van der Waals surface area contributed by atoms with Crippen LogP contribution in [-0.4, -0.2) is 26.2 Å². The smallest absolute Gasteiger partial charge is 0.254 e. The number of fused-ring (bicyclic) bond motifs is 1. The lowest BCUT2D eigenvalue weighted by Crippen LogP contribution is -2.30. The number of hydrogen-bond acceptors (Lipinski definition) is 5. The van der Waals surface area contributed by atoms with Gasteiger partial charge < -0.3 is 20.9 Å². The summed E-state index contributed by atoms with van der Waals surface area (Å²) in [6.07, 6.45) is 1.46. The highest BCUT2D eigenvalue weighted by molar-refractivity contribution is 7.09. The first-order valence-corrected chi connectivity index (χ1v) is 16.0. The van der Waals surface area contributed by atoms with Gasteiger partial charge in [-0.25, -0.2) is 9.37 Å². The molecule has 6 rings (SSSR count). The lowest BCUT2D eigenvalue weighted by Gasteiger charge is -2.24. The Morgan fingerprint density at radius 3 is 2.26 bits per heavy atom. The van der Waals surface area contributed by atoms with Gasteiger partial charge in [0.05, 0.1) is 17.6 Å². The standard InChI is InChI=1S/C37H35FN6OS/c38-32-6-2-1-4-30(32)23-43(22-27-9-7-26(21-39)8-10-27)37(45)29-16-17-34-33(20-29)42-35(44(34)24-31-5-3-19-46-31)18-13-25-11-14-28(15-12-25)36(40)41/h1-12,14-17,19-20H,13,18,21-24,39H2,(H3,40,41). The van der Waals surface area contributed by atoms with Gasteiger partial charge in [-0.1, -0.05) is 72.8 Å². The molecule has 0 radical (unpaired) electrons. The van der Waals surface area contributed by atoms with E-state index in [1.165, 1.54) is 10.9 Å². The maximum atomic E-state index is 14.7. The third-order valence-electron chi connectivity index (χ3n) is 8.11. The summed E-state index contributed by atoms with van der Waals surface area (Å²) in [5.41, 5.74) is 17.8. The number of carbonyl (C=O) groups is 1. The number of benzene rings is 4. The van der Waals surface area contributed by atoms with Gasteiger partial charge in [0.2, 0.25) is 0 Å². The zero-order valence-corrected chi connectivity index (χ0v) is 26.1. The fraction of sp³-hybridized carbons (Fsp3) is 0.162. The third-order valence-corrected chi connectivity index (χ3v) is 8.97. The van der Waals surface area contributed by atoms with Crippen LogP contribution in [0.25, 0.3) is 11.0 Å². The maximum Gasteiger partial charge on any atom is 0.254 e. The molecule has 0 bridgehead atoms. The Bertz CT molecular complexity index is 1970. The summed E-state index contributed by atoms with van der Waals surface area (Å²) in [5.74, 6) is 0.425. The SMILES string of the molecule is N=C(N)c1ccc(CCc2nc3cc(C(=O)N(Cc4ccc(CN)cc4)Cc4ccccc4F)ccc3n2Cc2cccs2)cc1. The molecule has 2 aromatic heterocycles. The molecule has 0 spiro atoms. The van der Waals surface area contributed by atoms with Crippen molar-refractivity contribution in [2.75, 3.05) is 0 Å². The van der Waals surface area contributed by atoms with Crippen LogP contribution >= 0.6 is 11.3 Å². The number of imidazole rings is 1. The molecular formula is C37H35FN6OS. The molecular weight excluding hydrogens is 596 g/mol. The van der Waals surface area contributed by atoms with Crippen LogP contribution in [0.2, 0.25) is 0 Å². The van der Waals surface area contributed by atoms with Crippen molar-refractivity contribution in [2.45, 2.75) is 39.0 Å². The number of amidine groups is 1. The number of nitrogen functional groups attached to an aromatic ring is 1. The van der Waals surface area contributed by atoms with Crippen molar-refractivity contribution < 1.29 is 9.18 Å². The van der Waals surface area contributed by atoms with Gasteiger partial charge in [-0.2, -0.15) is 0 Å². The number of aryl methyl sites for hydroxylation is 2. The summed E-state index contributed by atoms with van der Waals surface area (Å²) in [4.78, 5) is 22.0. The Kier molecular flexibility index (Phi) is 9.33. The molecule has 1 amide bonds. The molecule has 7 nitrogen and oxygen atoms in total. The van der Waals surface area contributed by atoms with Crippen molar-refractivity contribution in [3.8, 4) is 0 Å². The van der Waals surface area contributed by atoms with Gasteiger partial charge in [-0.15, -0.1) is 11.3 Å². The minimum absolute atomic E-state index is 0.0478. The van der Waals surface area contributed by atoms with Crippen LogP contribution in [0, 0.1) is 11.2 Å². The average Bonchev–Trinajstić information content (AvgIpc) is 3.72. The van der Waals surface area contributed by atoms with E-state index in [2.05, 4.69) is 16.0 Å². The summed E-state index contributed by atoms with van der Waals surface area (Å²) in [6.45, 7) is 1.56. The van der Waals surface area contributed by atoms with E-state index in [4.69, 9.17) is 21.9 Å². The minimum atomic E-state index is -0.345. The zero-order chi connectivity index (χ0) is 32.0. The Morgan fingerprint density at radius 2 is 1.57 bits per heavy atom. The van der Waals surface area contributed by atoms with Gasteiger partial charge in [-0.3, -0.25) is 10.2 Å². The molecule has 232 valence electrons. The van der Waals surface area contributed by atoms with E-state index in [1.807, 2.05) is 72.8 Å². The van der Waals surface area contributed by atoms with Gasteiger partial charge in [-0.05, 0) is 58.8 Å². The molecule has 2 heterocycles. The molecule has 0 unspecified atom stereocenters. The van der Waals surface area contributed by atoms with E-state index in [1.54, 1.807) is 34.4 Å². The Morgan fingerprint density at radius 1 is 0.848 bits per heavy atom. The molecule has 4 aromatic carbocycles. The molecule has 9 heteroatoms. The number of aromatic nitrogens is 2. The number of nitrogens with one attached hydrogen (secondary N) is 1. The van der Waals surface area contributed by atoms with Crippen LogP contribution in [0.4, 0.5) is 4.39 Å². The number of carbonyl (C=O) groups excluding carboxylic acids is 1. The fourth-order valence-electron chi connectivity index (χ4n) is 5.56. The quantitative estimate of drug-likeness (QED) is 0.104. The van der Waals surface area contributed by atoms with Crippen LogP contribution < -0.4 is 11.5 Å². The first kappa shape index (κ1) is 30.9. The van der Waals surface area contributed by atoms with E-state index in [0.717, 1.165) is 40.0 Å². The Balaban J connectivity index is 1.31. The summed E-state index contributed by atoms with van der Waals surface area (Å²) >= 11 is 1.70. The number of rotatable bonds is 12. The molecule has 0 saturated heterocycles. The Labute approximate surface area is 271 Å². The van der Waals surface area contributed by atoms with Crippen molar-refractivity contribution >= 4 is 34.1 Å². The molecule has 0 aliphatic carbocycles. The first-order valence-electron chi connectivity index (χ1n) is 15.1. The van der Waals surface area contributed by atoms with Gasteiger partial charge in [0.1, 0.15) is 17.5 Å². The number of halogens is 1. The highest BCUT2D eigenvalue weighted by atomic mass is 32.1. The highest BCUT2D eigenvalue weighted by Gasteiger charge is 2.21. The molecule has 46 heavy (non-hydrogen) atoms. The normalized spacial score (nSPS) is 11.2. The largest absolute Gasteiger partial charge is 0.384 e. The number of hydrogen-bond donors (Lipinski definition) is 3. The van der Waals surface area contributed by atoms with E-state index >= 15 is 0 Å². The number of nitrogens with two attached hydrogens (primary N) is 2. The lowest BCUT2D eigenvalue weighted by atomic mass is 10.1. The average molecular weight is 631 g/mol. The molecule has 5 N–H and O–H groups in total. The molecule has 6 aromatic rings. The molecule has 0 atom stereocenters. The van der Waals surface area contributed by atoms with Crippen LogP contribution in [0.15, 0.2) is 109 Å². The topological polar surface area (TPSA) is 114 Å². The lowest BCUT2D eigenvalue weighted by molar-refractivity contribution is 0.0728. The summed E-state index contributed by atoms with van der Waals surface area (Å²) in [7, 11) is 0. The zero-order valence-electron chi connectivity index (χ0n) is 25.3. The van der Waals surface area contributed by atoms with Crippen molar-refractivity contribution in [1.29, 1.82) is 5.41 Å². The number of nitrogens with zero attached hydrogens (tertiary/aromatic N) is 3. The van der Waals surface area contributed by atoms with Gasteiger partial charge in [0.25, 0.3) is 5.91 Å². The minimum Gasteiger partial charge on any atom is -0.384 e. The van der Waals surface area contributed by atoms with Crippen molar-refractivity contribution in [3.05, 3.63) is 158 Å². The Hall–Kier alpha value is -5.12. The van der Waals surface area contributed by atoms with Gasteiger partial charge >= 0.3 is 0 Å². The molecule has 0 aliphatic heterocycles. The summed E-state index contributed by atoms with van der Waals surface area (Å²) in [6, 6.07) is 31.9. The summed E-state index contributed by atoms with van der Waals surface area (Å²) < 4.78 is 17.0. The van der Waals surface area contributed by atoms with Crippen LogP contribution in [-0.2, 0) is 39.0 Å². The van der Waals surface area contributed by atoms with Gasteiger partial charge in [0.15, 0.2) is 0 Å². The van der Waals surface area contributed by atoms with Crippen LogP contribution in [0.1, 0.15) is 48.9 Å². The van der Waals surface area contributed by atoms with E-state index in [9.17, 15) is 9.18 Å². The number of amides is 1. The second-order valence-electron chi connectivity index (χ2n) is 11.3.